The number of nitrogens with one attached hydrogen (secondary N) is 1. The van der Waals surface area contributed by atoms with E-state index in [0.29, 0.717) is 5.82 Å². The van der Waals surface area contributed by atoms with Crippen LogP contribution in [-0.2, 0) is 0 Å². The number of aromatic nitrogens is 2. The lowest BCUT2D eigenvalue weighted by Gasteiger charge is -1.89. The molecule has 0 aliphatic carbocycles. The predicted octanol–water partition coefficient (Wildman–Crippen LogP) is 0.501. The smallest absolute Gasteiger partial charge is 0.190 e. The molecule has 1 aromatic heterocycles. The molecule has 0 bridgehead atoms. The summed E-state index contributed by atoms with van der Waals surface area (Å²) < 4.78 is 4.44. The predicted molar refractivity (Wildman–Crippen MR) is 28.5 cm³/mol. The van der Waals surface area contributed by atoms with Gasteiger partial charge in [0.15, 0.2) is 12.1 Å². The van der Waals surface area contributed by atoms with Gasteiger partial charge in [-0.05, 0) is 6.92 Å². The van der Waals surface area contributed by atoms with E-state index in [0.717, 1.165) is 6.54 Å². The molecule has 4 nitrogen and oxygen atoms in total. The lowest BCUT2D eigenvalue weighted by molar-refractivity contribution is 0.393. The van der Waals surface area contributed by atoms with Crippen molar-refractivity contribution >= 4 is 5.82 Å². The highest BCUT2D eigenvalue weighted by molar-refractivity contribution is 5.26. The van der Waals surface area contributed by atoms with Crippen molar-refractivity contribution in [1.29, 1.82) is 0 Å². The van der Waals surface area contributed by atoms with Crippen molar-refractivity contribution in [3.63, 3.8) is 0 Å². The fourth-order valence-corrected chi connectivity index (χ4v) is 0.423. The zero-order valence-corrected chi connectivity index (χ0v) is 4.59. The second-order valence-corrected chi connectivity index (χ2v) is 1.32. The van der Waals surface area contributed by atoms with Crippen LogP contribution in [0.25, 0.3) is 0 Å². The molecular weight excluding hydrogens is 106 g/mol. The maximum absolute atomic E-state index is 4.44. The summed E-state index contributed by atoms with van der Waals surface area (Å²) in [5.74, 6) is 0.688. The van der Waals surface area contributed by atoms with Gasteiger partial charge in [0.1, 0.15) is 0 Å². The van der Waals surface area contributed by atoms with Crippen LogP contribution in [0.4, 0.5) is 5.82 Å². The molecule has 0 aliphatic rings. The van der Waals surface area contributed by atoms with Gasteiger partial charge in [-0.1, -0.05) is 5.10 Å². The van der Waals surface area contributed by atoms with Crippen LogP contribution in [0.2, 0.25) is 0 Å². The highest BCUT2D eigenvalue weighted by Crippen LogP contribution is 1.95. The fraction of sp³-hybridized carbons (Fsp3) is 0.500. The van der Waals surface area contributed by atoms with Crippen molar-refractivity contribution in [1.82, 2.24) is 10.4 Å². The molecule has 0 aliphatic heterocycles. The van der Waals surface area contributed by atoms with Crippen molar-refractivity contribution in [3.8, 4) is 0 Å². The summed E-state index contributed by atoms with van der Waals surface area (Å²) in [6, 6.07) is 0. The summed E-state index contributed by atoms with van der Waals surface area (Å²) in [5.41, 5.74) is 0. The van der Waals surface area contributed by atoms with E-state index >= 15 is 0 Å². The van der Waals surface area contributed by atoms with Gasteiger partial charge in [-0.15, -0.1) is 0 Å². The van der Waals surface area contributed by atoms with Crippen molar-refractivity contribution in [2.45, 2.75) is 6.92 Å². The Bertz CT molecular complexity index is 137. The van der Waals surface area contributed by atoms with E-state index in [1.165, 1.54) is 6.26 Å². The van der Waals surface area contributed by atoms with Crippen LogP contribution in [0.5, 0.6) is 0 Å². The van der Waals surface area contributed by atoms with Gasteiger partial charge in [0.05, 0.1) is 0 Å². The molecular formula is C4H7N3O. The van der Waals surface area contributed by atoms with Gasteiger partial charge in [-0.2, -0.15) is 0 Å². The minimum atomic E-state index is 0.688. The van der Waals surface area contributed by atoms with Crippen molar-refractivity contribution < 1.29 is 4.52 Å². The van der Waals surface area contributed by atoms with Crippen molar-refractivity contribution in [2.24, 2.45) is 0 Å². The van der Waals surface area contributed by atoms with Gasteiger partial charge in [0, 0.05) is 11.8 Å². The maximum atomic E-state index is 4.44. The molecule has 0 radical (unpaired) electrons. The van der Waals surface area contributed by atoms with Gasteiger partial charge in [0.2, 0.25) is 0 Å². The summed E-state index contributed by atoms with van der Waals surface area (Å²) in [5, 5.41) is 9.75. The average molecular weight is 113 g/mol. The van der Waals surface area contributed by atoms with E-state index in [-0.39, 0.29) is 0 Å². The van der Waals surface area contributed by atoms with Crippen LogP contribution in [0.3, 0.4) is 0 Å². The minimum absolute atomic E-state index is 0.688. The van der Waals surface area contributed by atoms with E-state index in [1.807, 2.05) is 6.92 Å². The Kier molecular flexibility index (Phi) is 1.46. The number of anilines is 1. The van der Waals surface area contributed by atoms with Gasteiger partial charge < -0.3 is 9.84 Å². The van der Waals surface area contributed by atoms with E-state index in [4.69, 9.17) is 0 Å². The Morgan fingerprint density at radius 2 is 2.75 bits per heavy atom. The SMILES string of the molecule is CCNc1conn1. The third kappa shape index (κ3) is 0.959. The van der Waals surface area contributed by atoms with Gasteiger partial charge in [-0.3, -0.25) is 0 Å². The number of nitrogens with zero attached hydrogens (tertiary/aromatic N) is 2. The van der Waals surface area contributed by atoms with Crippen LogP contribution in [-0.4, -0.2) is 16.9 Å². The quantitative estimate of drug-likeness (QED) is 0.606. The third-order valence-electron chi connectivity index (χ3n) is 0.718. The zero-order chi connectivity index (χ0) is 5.82. The molecule has 1 aromatic rings. The molecule has 1 heterocycles. The molecule has 0 spiro atoms. The molecule has 44 valence electrons. The molecule has 1 rings (SSSR count). The topological polar surface area (TPSA) is 51.0 Å². The molecule has 8 heavy (non-hydrogen) atoms. The highest BCUT2D eigenvalue weighted by Gasteiger charge is 1.89. The summed E-state index contributed by atoms with van der Waals surface area (Å²) in [6.45, 7) is 2.82. The number of hydrogen-bond acceptors (Lipinski definition) is 4. The summed E-state index contributed by atoms with van der Waals surface area (Å²) in [6.07, 6.45) is 1.46. The van der Waals surface area contributed by atoms with Crippen LogP contribution < -0.4 is 5.32 Å². The first-order valence-electron chi connectivity index (χ1n) is 2.44. The summed E-state index contributed by atoms with van der Waals surface area (Å²) in [7, 11) is 0. The summed E-state index contributed by atoms with van der Waals surface area (Å²) in [4.78, 5) is 0. The van der Waals surface area contributed by atoms with E-state index in [1.54, 1.807) is 0 Å². The second-order valence-electron chi connectivity index (χ2n) is 1.32. The third-order valence-corrected chi connectivity index (χ3v) is 0.718. The first kappa shape index (κ1) is 5.08. The Morgan fingerprint density at radius 1 is 1.88 bits per heavy atom. The highest BCUT2D eigenvalue weighted by atomic mass is 16.5. The monoisotopic (exact) mass is 113 g/mol. The van der Waals surface area contributed by atoms with Crippen LogP contribution in [0.15, 0.2) is 10.8 Å². The number of rotatable bonds is 2. The Labute approximate surface area is 46.9 Å². The first-order valence-corrected chi connectivity index (χ1v) is 2.44. The minimum Gasteiger partial charge on any atom is -0.366 e. The van der Waals surface area contributed by atoms with Crippen LogP contribution in [0.1, 0.15) is 6.92 Å². The zero-order valence-electron chi connectivity index (χ0n) is 4.59. The molecule has 0 unspecified atom stereocenters. The molecule has 0 saturated heterocycles. The molecule has 0 aromatic carbocycles. The Hall–Kier alpha value is -1.06. The maximum Gasteiger partial charge on any atom is 0.190 e. The summed E-state index contributed by atoms with van der Waals surface area (Å²) >= 11 is 0. The van der Waals surface area contributed by atoms with Crippen molar-refractivity contribution in [2.75, 3.05) is 11.9 Å². The lowest BCUT2D eigenvalue weighted by Crippen LogP contribution is -1.95. The average Bonchev–Trinajstić information content (AvgIpc) is 2.19. The first-order chi connectivity index (χ1) is 3.93. The fourth-order valence-electron chi connectivity index (χ4n) is 0.423. The van der Waals surface area contributed by atoms with Crippen LogP contribution >= 0.6 is 0 Å². The molecule has 0 saturated carbocycles. The normalized spacial score (nSPS) is 9.12. The van der Waals surface area contributed by atoms with E-state index < -0.39 is 0 Å². The van der Waals surface area contributed by atoms with Gasteiger partial charge in [-0.25, -0.2) is 0 Å². The van der Waals surface area contributed by atoms with Crippen LogP contribution in [0, 0.1) is 0 Å². The molecule has 0 amide bonds. The molecule has 4 heteroatoms. The Morgan fingerprint density at radius 3 is 3.25 bits per heavy atom. The largest absolute Gasteiger partial charge is 0.366 e. The van der Waals surface area contributed by atoms with E-state index in [9.17, 15) is 0 Å². The molecule has 0 fully saturated rings. The standard InChI is InChI=1S/C4H7N3O/c1-2-5-4-3-8-7-6-4/h3,5H,2H2,1H3. The van der Waals surface area contributed by atoms with Gasteiger partial charge in [0.25, 0.3) is 0 Å². The van der Waals surface area contributed by atoms with Crippen molar-refractivity contribution in [3.05, 3.63) is 6.26 Å². The Balaban J connectivity index is 2.50. The second kappa shape index (κ2) is 2.30. The van der Waals surface area contributed by atoms with E-state index in [2.05, 4.69) is 20.2 Å². The lowest BCUT2D eigenvalue weighted by atomic mass is 10.7. The molecule has 1 N–H and O–H groups in total. The number of hydrogen-bond donors (Lipinski definition) is 1. The van der Waals surface area contributed by atoms with Gasteiger partial charge >= 0.3 is 0 Å². The molecule has 0 atom stereocenters.